The summed E-state index contributed by atoms with van der Waals surface area (Å²) in [6, 6.07) is 66.9. The summed E-state index contributed by atoms with van der Waals surface area (Å²) in [6.07, 6.45) is 0. The Labute approximate surface area is 298 Å². The van der Waals surface area contributed by atoms with Gasteiger partial charge in [-0.05, 0) is 75.5 Å². The van der Waals surface area contributed by atoms with E-state index in [-0.39, 0.29) is 0 Å². The van der Waals surface area contributed by atoms with Crippen LogP contribution in [-0.2, 0) is 0 Å². The highest BCUT2D eigenvalue weighted by molar-refractivity contribution is 7.25. The number of anilines is 3. The minimum Gasteiger partial charge on any atom is -0.308 e. The van der Waals surface area contributed by atoms with Crippen molar-refractivity contribution in [1.29, 1.82) is 0 Å². The van der Waals surface area contributed by atoms with E-state index in [1.165, 1.54) is 74.3 Å². The zero-order chi connectivity index (χ0) is 33.5. The van der Waals surface area contributed by atoms with Gasteiger partial charge in [-0.2, -0.15) is 0 Å². The van der Waals surface area contributed by atoms with Gasteiger partial charge in [0.05, 0.1) is 22.4 Å². The number of fused-ring (bicyclic) bond motifs is 11. The number of aromatic nitrogens is 1. The molecule has 11 rings (SSSR count). The summed E-state index contributed by atoms with van der Waals surface area (Å²) in [5.41, 5.74) is 6.95. The molecule has 0 saturated heterocycles. The second kappa shape index (κ2) is 11.0. The molecule has 0 N–H and O–H groups in total. The standard InChI is InChI=1S/C48H30N2S/c1-2-14-34(15-3-1)50-41-20-8-6-17-37(41)40-19-11-22-43(48(40)50)49(35-28-29-39-38-18-7-9-23-44(38)51-45(39)30-35)42-21-10-13-32-26-27-33-25-24-31-12-4-5-16-36(31)46(33)47(32)42/h1-30H. The molecule has 0 unspecified atom stereocenters. The first-order valence-electron chi connectivity index (χ1n) is 17.4. The number of rotatable bonds is 4. The Kier molecular flexibility index (Phi) is 6.16. The van der Waals surface area contributed by atoms with Crippen molar-refractivity contribution >= 4 is 103 Å². The lowest BCUT2D eigenvalue weighted by Gasteiger charge is -2.29. The number of nitrogens with zero attached hydrogens (tertiary/aromatic N) is 2. The normalized spacial score (nSPS) is 11.9. The lowest BCUT2D eigenvalue weighted by atomic mass is 9.94. The maximum absolute atomic E-state index is 2.52. The van der Waals surface area contributed by atoms with Crippen molar-refractivity contribution in [3.63, 3.8) is 0 Å². The van der Waals surface area contributed by atoms with E-state index < -0.39 is 0 Å². The van der Waals surface area contributed by atoms with Crippen LogP contribution >= 0.6 is 11.3 Å². The fourth-order valence-corrected chi connectivity index (χ4v) is 9.47. The van der Waals surface area contributed by atoms with Gasteiger partial charge in [-0.25, -0.2) is 0 Å². The lowest BCUT2D eigenvalue weighted by molar-refractivity contribution is 1.17. The van der Waals surface area contributed by atoms with E-state index in [0.717, 1.165) is 22.7 Å². The molecular formula is C48H30N2S. The third kappa shape index (κ3) is 4.22. The third-order valence-corrected chi connectivity index (χ3v) is 11.7. The Bertz CT molecular complexity index is 3150. The SMILES string of the molecule is c1ccc(-n2c3ccccc3c3cccc(N(c4ccc5c(c4)sc4ccccc45)c4cccc5ccc6ccc7ccccc7c6c45)c32)cc1. The van der Waals surface area contributed by atoms with E-state index in [0.29, 0.717) is 0 Å². The molecule has 2 heterocycles. The molecular weight excluding hydrogens is 637 g/mol. The lowest BCUT2D eigenvalue weighted by Crippen LogP contribution is -2.12. The molecule has 238 valence electrons. The van der Waals surface area contributed by atoms with E-state index >= 15 is 0 Å². The van der Waals surface area contributed by atoms with E-state index in [4.69, 9.17) is 0 Å². The molecule has 2 aromatic heterocycles. The zero-order valence-electron chi connectivity index (χ0n) is 27.6. The molecule has 0 bridgehead atoms. The minimum atomic E-state index is 1.14. The molecule has 2 nitrogen and oxygen atoms in total. The van der Waals surface area contributed by atoms with Crippen LogP contribution in [0.15, 0.2) is 182 Å². The second-order valence-corrected chi connectivity index (χ2v) is 14.4. The Morgan fingerprint density at radius 1 is 0.392 bits per heavy atom. The predicted molar refractivity (Wildman–Crippen MR) is 221 cm³/mol. The van der Waals surface area contributed by atoms with Gasteiger partial charge in [0.25, 0.3) is 0 Å². The summed E-state index contributed by atoms with van der Waals surface area (Å²) in [6.45, 7) is 0. The average Bonchev–Trinajstić information content (AvgIpc) is 3.74. The molecule has 0 fully saturated rings. The number of thiophene rings is 1. The van der Waals surface area contributed by atoms with Crippen LogP contribution in [0, 0.1) is 0 Å². The summed E-state index contributed by atoms with van der Waals surface area (Å²) in [4.78, 5) is 2.52. The van der Waals surface area contributed by atoms with Crippen LogP contribution in [0.4, 0.5) is 17.1 Å². The van der Waals surface area contributed by atoms with Crippen molar-refractivity contribution in [3.05, 3.63) is 182 Å². The van der Waals surface area contributed by atoms with Crippen molar-refractivity contribution in [2.24, 2.45) is 0 Å². The van der Waals surface area contributed by atoms with Gasteiger partial charge >= 0.3 is 0 Å². The molecule has 0 radical (unpaired) electrons. The van der Waals surface area contributed by atoms with Crippen LogP contribution in [0.1, 0.15) is 0 Å². The summed E-state index contributed by atoms with van der Waals surface area (Å²) < 4.78 is 5.04. The molecule has 0 spiro atoms. The van der Waals surface area contributed by atoms with Crippen molar-refractivity contribution in [2.75, 3.05) is 4.90 Å². The van der Waals surface area contributed by atoms with Crippen LogP contribution in [0.25, 0.3) is 80.0 Å². The summed E-state index contributed by atoms with van der Waals surface area (Å²) in [5.74, 6) is 0. The molecule has 0 atom stereocenters. The van der Waals surface area contributed by atoms with Crippen molar-refractivity contribution in [1.82, 2.24) is 4.57 Å². The average molecular weight is 667 g/mol. The molecule has 3 heteroatoms. The Balaban J connectivity index is 1.31. The topological polar surface area (TPSA) is 8.17 Å². The smallest absolute Gasteiger partial charge is 0.0782 e. The fraction of sp³-hybridized carbons (Fsp3) is 0. The van der Waals surface area contributed by atoms with Crippen molar-refractivity contribution in [3.8, 4) is 5.69 Å². The molecule has 11 aromatic rings. The van der Waals surface area contributed by atoms with Gasteiger partial charge in [0.15, 0.2) is 0 Å². The molecule has 0 aliphatic carbocycles. The van der Waals surface area contributed by atoms with Crippen LogP contribution in [0.3, 0.4) is 0 Å². The quantitative estimate of drug-likeness (QED) is 0.170. The van der Waals surface area contributed by atoms with Crippen LogP contribution < -0.4 is 4.90 Å². The highest BCUT2D eigenvalue weighted by Gasteiger charge is 2.24. The van der Waals surface area contributed by atoms with E-state index in [1.54, 1.807) is 0 Å². The summed E-state index contributed by atoms with van der Waals surface area (Å²) in [7, 11) is 0. The van der Waals surface area contributed by atoms with Gasteiger partial charge in [0.1, 0.15) is 0 Å². The largest absolute Gasteiger partial charge is 0.308 e. The highest BCUT2D eigenvalue weighted by atomic mass is 32.1. The number of para-hydroxylation sites is 3. The van der Waals surface area contributed by atoms with Gasteiger partial charge < -0.3 is 9.47 Å². The molecule has 9 aromatic carbocycles. The van der Waals surface area contributed by atoms with Gasteiger partial charge in [-0.3, -0.25) is 0 Å². The second-order valence-electron chi connectivity index (χ2n) is 13.3. The zero-order valence-corrected chi connectivity index (χ0v) is 28.4. The summed E-state index contributed by atoms with van der Waals surface area (Å²) >= 11 is 1.87. The van der Waals surface area contributed by atoms with Crippen molar-refractivity contribution < 1.29 is 0 Å². The van der Waals surface area contributed by atoms with Gasteiger partial charge in [0.2, 0.25) is 0 Å². The van der Waals surface area contributed by atoms with E-state index in [1.807, 2.05) is 11.3 Å². The molecule has 0 saturated carbocycles. The van der Waals surface area contributed by atoms with Crippen LogP contribution in [-0.4, -0.2) is 4.57 Å². The highest BCUT2D eigenvalue weighted by Crippen LogP contribution is 2.48. The number of hydrogen-bond acceptors (Lipinski definition) is 2. The molecule has 0 aliphatic rings. The van der Waals surface area contributed by atoms with Crippen molar-refractivity contribution in [2.45, 2.75) is 0 Å². The molecule has 0 aliphatic heterocycles. The fourth-order valence-electron chi connectivity index (χ4n) is 8.33. The molecule has 51 heavy (non-hydrogen) atoms. The maximum atomic E-state index is 2.52. The Morgan fingerprint density at radius 3 is 1.90 bits per heavy atom. The van der Waals surface area contributed by atoms with Crippen LogP contribution in [0.5, 0.6) is 0 Å². The van der Waals surface area contributed by atoms with Crippen LogP contribution in [0.2, 0.25) is 0 Å². The number of benzene rings is 9. The number of hydrogen-bond donors (Lipinski definition) is 0. The van der Waals surface area contributed by atoms with Gasteiger partial charge in [-0.15, -0.1) is 11.3 Å². The maximum Gasteiger partial charge on any atom is 0.0782 e. The molecule has 0 amide bonds. The Morgan fingerprint density at radius 2 is 1.02 bits per heavy atom. The van der Waals surface area contributed by atoms with E-state index in [9.17, 15) is 0 Å². The first kappa shape index (κ1) is 28.4. The first-order valence-corrected chi connectivity index (χ1v) is 18.3. The Hall–Kier alpha value is -6.42. The minimum absolute atomic E-state index is 1.14. The van der Waals surface area contributed by atoms with Gasteiger partial charge in [0, 0.05) is 47.7 Å². The monoisotopic (exact) mass is 666 g/mol. The predicted octanol–water partition coefficient (Wildman–Crippen LogP) is 14.1. The van der Waals surface area contributed by atoms with Gasteiger partial charge in [-0.1, -0.05) is 133 Å². The van der Waals surface area contributed by atoms with E-state index in [2.05, 4.69) is 191 Å². The first-order chi connectivity index (χ1) is 25.3. The summed E-state index contributed by atoms with van der Waals surface area (Å²) in [5, 5.41) is 12.6. The third-order valence-electron chi connectivity index (χ3n) is 10.5.